The predicted octanol–water partition coefficient (Wildman–Crippen LogP) is 2.42. The second kappa shape index (κ2) is 4.94. The van der Waals surface area contributed by atoms with E-state index in [9.17, 15) is 0 Å². The maximum atomic E-state index is 4.33. The first kappa shape index (κ1) is 10.9. The monoisotopic (exact) mass is 225 g/mol. The zero-order valence-corrected chi connectivity index (χ0v) is 10.3. The van der Waals surface area contributed by atoms with Crippen LogP contribution in [0.2, 0.25) is 0 Å². The molecule has 4 heteroatoms. The first-order valence-electron chi connectivity index (χ1n) is 5.65. The zero-order valence-electron chi connectivity index (χ0n) is 9.49. The molecule has 0 bridgehead atoms. The third-order valence-electron chi connectivity index (χ3n) is 2.57. The molecular weight excluding hydrogens is 206 g/mol. The molecule has 84 valence electrons. The van der Waals surface area contributed by atoms with Gasteiger partial charge in [0.05, 0.1) is 0 Å². The van der Waals surface area contributed by atoms with Crippen molar-refractivity contribution in [3.05, 3.63) is 11.1 Å². The minimum absolute atomic E-state index is 0.949. The standard InChI is InChI=1S/C11H19N3S/c1-3-12-11-13-6-10(15-11)8-14(2)7-9-4-5-9/h6,9H,3-5,7-8H2,1-2H3,(H,12,13). The van der Waals surface area contributed by atoms with Gasteiger partial charge in [-0.15, -0.1) is 11.3 Å². The fraction of sp³-hybridized carbons (Fsp3) is 0.727. The molecule has 0 atom stereocenters. The fourth-order valence-corrected chi connectivity index (χ4v) is 2.65. The van der Waals surface area contributed by atoms with Crippen LogP contribution >= 0.6 is 11.3 Å². The molecule has 1 fully saturated rings. The average Bonchev–Trinajstić information content (AvgIpc) is 2.88. The molecule has 1 heterocycles. The molecule has 3 nitrogen and oxygen atoms in total. The van der Waals surface area contributed by atoms with E-state index >= 15 is 0 Å². The Bertz CT molecular complexity index is 307. The molecule has 1 aliphatic carbocycles. The van der Waals surface area contributed by atoms with Gasteiger partial charge >= 0.3 is 0 Å². The van der Waals surface area contributed by atoms with Crippen LogP contribution in [0, 0.1) is 5.92 Å². The van der Waals surface area contributed by atoms with Crippen LogP contribution in [0.5, 0.6) is 0 Å². The summed E-state index contributed by atoms with van der Waals surface area (Å²) in [6, 6.07) is 0. The molecule has 1 N–H and O–H groups in total. The highest BCUT2D eigenvalue weighted by Gasteiger charge is 2.22. The van der Waals surface area contributed by atoms with Crippen LogP contribution in [0.3, 0.4) is 0 Å². The number of nitrogens with zero attached hydrogens (tertiary/aromatic N) is 2. The van der Waals surface area contributed by atoms with Gasteiger partial charge in [0.25, 0.3) is 0 Å². The molecule has 1 aromatic rings. The summed E-state index contributed by atoms with van der Waals surface area (Å²) in [5.74, 6) is 0.969. The summed E-state index contributed by atoms with van der Waals surface area (Å²) in [6.07, 6.45) is 4.84. The van der Waals surface area contributed by atoms with Gasteiger partial charge in [-0.2, -0.15) is 0 Å². The number of anilines is 1. The Morgan fingerprint density at radius 1 is 1.60 bits per heavy atom. The van der Waals surface area contributed by atoms with E-state index in [1.54, 1.807) is 11.3 Å². The molecule has 1 aliphatic rings. The largest absolute Gasteiger partial charge is 0.362 e. The average molecular weight is 225 g/mol. The minimum atomic E-state index is 0.949. The van der Waals surface area contributed by atoms with Crippen LogP contribution in [0.4, 0.5) is 5.13 Å². The van der Waals surface area contributed by atoms with Gasteiger partial charge in [0.1, 0.15) is 0 Å². The molecule has 0 amide bonds. The summed E-state index contributed by atoms with van der Waals surface area (Å²) in [6.45, 7) is 5.33. The lowest BCUT2D eigenvalue weighted by Crippen LogP contribution is -2.19. The van der Waals surface area contributed by atoms with Crippen molar-refractivity contribution in [2.45, 2.75) is 26.3 Å². The summed E-state index contributed by atoms with van der Waals surface area (Å²) in [5, 5.41) is 4.29. The van der Waals surface area contributed by atoms with Crippen molar-refractivity contribution in [3.63, 3.8) is 0 Å². The summed E-state index contributed by atoms with van der Waals surface area (Å²) in [7, 11) is 2.20. The second-order valence-electron chi connectivity index (χ2n) is 4.30. The van der Waals surface area contributed by atoms with Gasteiger partial charge in [-0.05, 0) is 32.7 Å². The molecule has 15 heavy (non-hydrogen) atoms. The van der Waals surface area contributed by atoms with Crippen LogP contribution in [0.1, 0.15) is 24.6 Å². The van der Waals surface area contributed by atoms with E-state index < -0.39 is 0 Å². The number of nitrogens with one attached hydrogen (secondary N) is 1. The topological polar surface area (TPSA) is 28.2 Å². The Kier molecular flexibility index (Phi) is 3.59. The van der Waals surface area contributed by atoms with Crippen molar-refractivity contribution in [3.8, 4) is 0 Å². The van der Waals surface area contributed by atoms with Crippen LogP contribution < -0.4 is 5.32 Å². The van der Waals surface area contributed by atoms with Gasteiger partial charge in [0.2, 0.25) is 0 Å². The van der Waals surface area contributed by atoms with Gasteiger partial charge in [-0.3, -0.25) is 0 Å². The zero-order chi connectivity index (χ0) is 10.7. The lowest BCUT2D eigenvalue weighted by Gasteiger charge is -2.14. The minimum Gasteiger partial charge on any atom is -0.362 e. The fourth-order valence-electron chi connectivity index (χ4n) is 1.69. The van der Waals surface area contributed by atoms with Crippen molar-refractivity contribution in [1.82, 2.24) is 9.88 Å². The Morgan fingerprint density at radius 3 is 3.07 bits per heavy atom. The first-order valence-corrected chi connectivity index (χ1v) is 6.46. The van der Waals surface area contributed by atoms with Crippen LogP contribution in [0.25, 0.3) is 0 Å². The number of aromatic nitrogens is 1. The maximum absolute atomic E-state index is 4.33. The SMILES string of the molecule is CCNc1ncc(CN(C)CC2CC2)s1. The number of hydrogen-bond acceptors (Lipinski definition) is 4. The van der Waals surface area contributed by atoms with Crippen molar-refractivity contribution in [2.75, 3.05) is 25.5 Å². The van der Waals surface area contributed by atoms with E-state index in [1.807, 2.05) is 6.20 Å². The van der Waals surface area contributed by atoms with E-state index in [2.05, 4.69) is 29.2 Å². The maximum Gasteiger partial charge on any atom is 0.182 e. The molecule has 0 spiro atoms. The summed E-state index contributed by atoms with van der Waals surface area (Å²) >= 11 is 1.77. The molecular formula is C11H19N3S. The van der Waals surface area contributed by atoms with E-state index in [1.165, 1.54) is 24.3 Å². The van der Waals surface area contributed by atoms with Crippen LogP contribution in [-0.4, -0.2) is 30.0 Å². The molecule has 0 aromatic carbocycles. The molecule has 1 saturated carbocycles. The highest BCUT2D eigenvalue weighted by molar-refractivity contribution is 7.15. The Labute approximate surface area is 95.5 Å². The number of rotatable bonds is 6. The van der Waals surface area contributed by atoms with Gasteiger partial charge in [0.15, 0.2) is 5.13 Å². The van der Waals surface area contributed by atoms with E-state index in [0.717, 1.165) is 24.1 Å². The van der Waals surface area contributed by atoms with Crippen LogP contribution in [0.15, 0.2) is 6.20 Å². The van der Waals surface area contributed by atoms with E-state index in [0.29, 0.717) is 0 Å². The molecule has 2 rings (SSSR count). The van der Waals surface area contributed by atoms with E-state index in [4.69, 9.17) is 0 Å². The third kappa shape index (κ3) is 3.47. The number of hydrogen-bond donors (Lipinski definition) is 1. The van der Waals surface area contributed by atoms with Crippen molar-refractivity contribution >= 4 is 16.5 Å². The molecule has 0 saturated heterocycles. The Hall–Kier alpha value is -0.610. The van der Waals surface area contributed by atoms with Gasteiger partial charge in [0, 0.05) is 30.7 Å². The third-order valence-corrected chi connectivity index (χ3v) is 3.51. The first-order chi connectivity index (χ1) is 7.28. The Balaban J connectivity index is 1.80. The Morgan fingerprint density at radius 2 is 2.40 bits per heavy atom. The lowest BCUT2D eigenvalue weighted by molar-refractivity contribution is 0.315. The summed E-state index contributed by atoms with van der Waals surface area (Å²) < 4.78 is 0. The molecule has 0 aliphatic heterocycles. The van der Waals surface area contributed by atoms with Crippen molar-refractivity contribution in [2.24, 2.45) is 5.92 Å². The van der Waals surface area contributed by atoms with Crippen molar-refractivity contribution in [1.29, 1.82) is 0 Å². The smallest absolute Gasteiger partial charge is 0.182 e. The quantitative estimate of drug-likeness (QED) is 0.806. The summed E-state index contributed by atoms with van der Waals surface area (Å²) in [5.41, 5.74) is 0. The predicted molar refractivity (Wildman–Crippen MR) is 65.3 cm³/mol. The molecule has 0 unspecified atom stereocenters. The van der Waals surface area contributed by atoms with Crippen molar-refractivity contribution < 1.29 is 0 Å². The normalized spacial score (nSPS) is 15.9. The highest BCUT2D eigenvalue weighted by Crippen LogP contribution is 2.30. The van der Waals surface area contributed by atoms with E-state index in [-0.39, 0.29) is 0 Å². The second-order valence-corrected chi connectivity index (χ2v) is 5.42. The summed E-state index contributed by atoms with van der Waals surface area (Å²) in [4.78, 5) is 8.09. The van der Waals surface area contributed by atoms with Crippen LogP contribution in [-0.2, 0) is 6.54 Å². The molecule has 0 radical (unpaired) electrons. The van der Waals surface area contributed by atoms with Gasteiger partial charge < -0.3 is 10.2 Å². The molecule has 1 aromatic heterocycles. The lowest BCUT2D eigenvalue weighted by atomic mass is 10.4. The highest BCUT2D eigenvalue weighted by atomic mass is 32.1. The number of thiazole rings is 1. The van der Waals surface area contributed by atoms with Gasteiger partial charge in [-0.1, -0.05) is 0 Å². The van der Waals surface area contributed by atoms with Gasteiger partial charge in [-0.25, -0.2) is 4.98 Å².